The molecule has 0 aliphatic carbocycles. The Balaban J connectivity index is -0.000000139. The zero-order valence-corrected chi connectivity index (χ0v) is 91.5. The minimum absolute atomic E-state index is 0. The van der Waals surface area contributed by atoms with E-state index in [-0.39, 0.29) is 81.7 Å². The van der Waals surface area contributed by atoms with Crippen molar-refractivity contribution in [3.05, 3.63) is 35.6 Å². The summed E-state index contributed by atoms with van der Waals surface area (Å²) >= 11 is 0. The van der Waals surface area contributed by atoms with E-state index in [1.807, 2.05) is 0 Å². The van der Waals surface area contributed by atoms with E-state index >= 15 is 0 Å². The number of carbonyl (C=O) groups excluding carboxylic acids is 1. The number of allylic oxidation sites excluding steroid dienone is 1. The zero-order valence-electron chi connectivity index (χ0n) is 91.5. The van der Waals surface area contributed by atoms with Crippen molar-refractivity contribution in [2.75, 3.05) is 164 Å². The average molecular weight is 1920 g/mol. The molecule has 0 aromatic rings. The van der Waals surface area contributed by atoms with Crippen molar-refractivity contribution in [2.45, 2.75) is 527 Å². The van der Waals surface area contributed by atoms with Crippen molar-refractivity contribution in [1.82, 2.24) is 68.6 Å². The molecule has 10 heterocycles. The molecule has 0 aromatic heterocycles. The molecular weight excluding hydrogens is 1650 g/mol. The maximum atomic E-state index is 11.7. The van der Waals surface area contributed by atoms with Crippen molar-refractivity contribution in [3.63, 3.8) is 0 Å². The molecule has 15 heteroatoms. The largest absolute Gasteiger partial charge is 0.375 e. The number of nitrogens with zero attached hydrogens (tertiary/aromatic N) is 14. The number of hydrogen-bond donors (Lipinski definition) is 0. The van der Waals surface area contributed by atoms with E-state index in [4.69, 9.17) is 0 Å². The number of hydrogen-bond acceptors (Lipinski definition) is 15. The van der Waals surface area contributed by atoms with Gasteiger partial charge in [-0.05, 0) is 371 Å². The Bertz CT molecular complexity index is 2460. The highest BCUT2D eigenvalue weighted by atomic mass is 16.1. The fraction of sp³-hybridized carbons (Fsp3) is 0.942. The lowest BCUT2D eigenvalue weighted by atomic mass is 9.85. The monoisotopic (exact) mass is 1920 g/mol. The Morgan fingerprint density at radius 2 is 0.519 bits per heavy atom. The van der Waals surface area contributed by atoms with Gasteiger partial charge in [0.15, 0.2) is 0 Å². The molecule has 0 spiro atoms. The van der Waals surface area contributed by atoms with E-state index < -0.39 is 0 Å². The van der Waals surface area contributed by atoms with Gasteiger partial charge in [0.2, 0.25) is 0 Å². The van der Waals surface area contributed by atoms with Gasteiger partial charge in [-0.3, -0.25) is 58.7 Å². The summed E-state index contributed by atoms with van der Waals surface area (Å²) in [5.74, 6) is 8.12. The molecule has 0 saturated carbocycles. The first kappa shape index (κ1) is 156. The van der Waals surface area contributed by atoms with Gasteiger partial charge in [0.1, 0.15) is 5.78 Å². The summed E-state index contributed by atoms with van der Waals surface area (Å²) in [5, 5.41) is 0. The predicted molar refractivity (Wildman–Crippen MR) is 627 cm³/mol. The Labute approximate surface area is 859 Å². The molecule has 0 aromatic carbocycles. The van der Waals surface area contributed by atoms with Crippen LogP contribution in [0.2, 0.25) is 0 Å². The Kier molecular flexibility index (Phi) is 96.2. The first-order valence-electron chi connectivity index (χ1n) is 52.8. The van der Waals surface area contributed by atoms with Gasteiger partial charge in [0.25, 0.3) is 0 Å². The standard InChI is InChI=1S/3C11H24N2.C11H21NO.2C11H23N.3C11H21N.C10H22N2.11CH4/c2*1-9(2)12-6-7-13(10(3)4)11(5)8-12;1-10(2)12-6-5-7-13(9-8-12)11(3)4;1-8(2)10-5-6-12(9(3)4)7-11(10)13;6*1-9(2)11-5-7-12(8-6-11)10(3)4;;;;;;;;;;;/h2*9-11H,6-8H2,1-5H3;10-11H,5-9H2,1-4H3;8-10H,5-7H2,1-4H3;2*9-11H,5-8H2,1-4H3;2*5,9-10H,6-8H2,1-4H3;5,7,9-11H,6,8H2,1-4H3;9-10H,5-8H2,1-4H3;11*1H4/t2*11-;;;;;;;;;;;;;;;;;;;/m11.................../s1. The molecule has 2 unspecified atom stereocenters. The summed E-state index contributed by atoms with van der Waals surface area (Å²) in [7, 11) is 0. The first-order valence-corrected chi connectivity index (χ1v) is 52.8. The van der Waals surface area contributed by atoms with E-state index in [0.29, 0.717) is 84.6 Å². The van der Waals surface area contributed by atoms with Crippen molar-refractivity contribution in [2.24, 2.45) is 59.2 Å². The van der Waals surface area contributed by atoms with Crippen molar-refractivity contribution in [3.8, 4) is 0 Å². The van der Waals surface area contributed by atoms with Gasteiger partial charge >= 0.3 is 0 Å². The van der Waals surface area contributed by atoms with Crippen LogP contribution in [0.1, 0.15) is 430 Å². The number of rotatable bonds is 20. The Morgan fingerprint density at radius 3 is 0.719 bits per heavy atom. The van der Waals surface area contributed by atoms with E-state index in [1.165, 1.54) is 189 Å². The molecule has 0 amide bonds. The smallest absolute Gasteiger partial charge is 0.150 e. The SMILES string of the molecule is C.C.C.C.C.C.C.C.C.C.C.CC(C)C1=CCN(C(C)C)CC1.CC(C)C1=CCN(C(C)C)CC1.CC(C)C1C=CN(C(C)C)CC1.CC(C)C1CCN(C(C)C)CC1.CC(C)C1CCN(C(C)C)CC1.CC(C)C1CCN(C(C)C)CC1=O.CC(C)N1CCCN(C(C)C)CC1.CC(C)N1CCN(C(C)C)CC1.CC(C)N1CCN(C(C)C)[C@H](C)C1.CC(C)N1CCN(C(C)C)[C@H](C)C1. The van der Waals surface area contributed by atoms with Crippen LogP contribution in [-0.4, -0.2) is 335 Å². The number of piperidine rings is 3. The second kappa shape index (κ2) is 83.4. The van der Waals surface area contributed by atoms with Crippen LogP contribution in [0.15, 0.2) is 35.6 Å². The number of ketones is 1. The molecule has 10 aliphatic rings. The maximum absolute atomic E-state index is 11.7. The third kappa shape index (κ3) is 63.2. The van der Waals surface area contributed by atoms with Gasteiger partial charge < -0.3 is 14.7 Å². The lowest BCUT2D eigenvalue weighted by Crippen LogP contribution is -2.55. The summed E-state index contributed by atoms with van der Waals surface area (Å²) in [5.41, 5.74) is 3.29. The van der Waals surface area contributed by atoms with Gasteiger partial charge in [0, 0.05) is 214 Å². The number of carbonyl (C=O) groups is 1. The summed E-state index contributed by atoms with van der Waals surface area (Å²) in [4.78, 5) is 47.2. The van der Waals surface area contributed by atoms with E-state index in [2.05, 4.69) is 384 Å². The van der Waals surface area contributed by atoms with Gasteiger partial charge in [-0.1, -0.05) is 194 Å². The molecule has 4 atom stereocenters. The van der Waals surface area contributed by atoms with Gasteiger partial charge in [-0.15, -0.1) is 0 Å². The van der Waals surface area contributed by atoms with Crippen molar-refractivity contribution < 1.29 is 4.79 Å². The van der Waals surface area contributed by atoms with E-state index in [0.717, 1.165) is 110 Å². The fourth-order valence-electron chi connectivity index (χ4n) is 19.5. The van der Waals surface area contributed by atoms with Crippen LogP contribution < -0.4 is 0 Å². The normalized spacial score (nSPS) is 21.7. The minimum atomic E-state index is 0. The Morgan fingerprint density at radius 1 is 0.252 bits per heavy atom. The van der Waals surface area contributed by atoms with Gasteiger partial charge in [-0.2, -0.15) is 0 Å². The predicted octanol–water partition coefficient (Wildman–Crippen LogP) is 29.6. The highest BCUT2D eigenvalue weighted by molar-refractivity contribution is 5.84. The highest BCUT2D eigenvalue weighted by Crippen LogP contribution is 2.30. The molecule has 7 fully saturated rings. The second-order valence-electron chi connectivity index (χ2n) is 45.4. The van der Waals surface area contributed by atoms with Crippen LogP contribution in [0.25, 0.3) is 0 Å². The third-order valence-corrected chi connectivity index (χ3v) is 29.8. The molecule has 0 bridgehead atoms. The summed E-state index contributed by atoms with van der Waals surface area (Å²) in [6.07, 6.45) is 21.4. The lowest BCUT2D eigenvalue weighted by molar-refractivity contribution is -0.129. The molecule has 15 nitrogen and oxygen atoms in total. The molecule has 0 radical (unpaired) electrons. The Hall–Kier alpha value is -1.83. The quantitative estimate of drug-likeness (QED) is 0.109. The van der Waals surface area contributed by atoms with Crippen LogP contribution in [0, 0.1) is 59.2 Å². The number of Topliss-reactive ketones (excluding diaryl/α,β-unsaturated/α-hetero) is 1. The summed E-state index contributed by atoms with van der Waals surface area (Å²) in [6.45, 7) is 126. The van der Waals surface area contributed by atoms with Gasteiger partial charge in [-0.25, -0.2) is 0 Å². The maximum Gasteiger partial charge on any atom is 0.150 e. The third-order valence-electron chi connectivity index (χ3n) is 29.8. The molecule has 10 rings (SSSR count). The zero-order chi connectivity index (χ0) is 94.7. The number of piperazine rings is 3. The molecule has 7 saturated heterocycles. The molecule has 0 N–H and O–H groups in total. The van der Waals surface area contributed by atoms with Crippen LogP contribution in [0.4, 0.5) is 0 Å². The first-order chi connectivity index (χ1) is 57.8. The lowest BCUT2D eigenvalue weighted by Gasteiger charge is -2.43. The molecule has 824 valence electrons. The van der Waals surface area contributed by atoms with Crippen molar-refractivity contribution in [1.29, 1.82) is 0 Å². The van der Waals surface area contributed by atoms with Crippen LogP contribution in [0.5, 0.6) is 0 Å². The minimum Gasteiger partial charge on any atom is -0.375 e. The second-order valence-corrected chi connectivity index (χ2v) is 45.4. The van der Waals surface area contributed by atoms with Crippen LogP contribution >= 0.6 is 0 Å². The molecular formula is C120H268N14O. The summed E-state index contributed by atoms with van der Waals surface area (Å²) in [6, 6.07) is 11.2. The average Bonchev–Trinajstić information content (AvgIpc) is 1.35. The van der Waals surface area contributed by atoms with E-state index in [9.17, 15) is 4.79 Å². The van der Waals surface area contributed by atoms with Crippen LogP contribution in [0.3, 0.4) is 0 Å². The molecule has 10 aliphatic heterocycles. The summed E-state index contributed by atoms with van der Waals surface area (Å²) < 4.78 is 0. The van der Waals surface area contributed by atoms with Crippen LogP contribution in [-0.2, 0) is 4.79 Å². The van der Waals surface area contributed by atoms with E-state index in [1.54, 1.807) is 11.1 Å². The topological polar surface area (TPSA) is 62.4 Å². The number of likely N-dealkylation sites (tertiary alicyclic amines) is 3. The molecule has 135 heavy (non-hydrogen) atoms. The fourth-order valence-corrected chi connectivity index (χ4v) is 19.5. The highest BCUT2D eigenvalue weighted by Gasteiger charge is 2.33. The van der Waals surface area contributed by atoms with Crippen molar-refractivity contribution >= 4 is 5.78 Å². The van der Waals surface area contributed by atoms with Gasteiger partial charge in [0.05, 0.1) is 6.54 Å².